The number of benzene rings is 1. The lowest BCUT2D eigenvalue weighted by atomic mass is 10.1. The molecule has 90 valence electrons. The lowest BCUT2D eigenvalue weighted by Gasteiger charge is -2.00. The summed E-state index contributed by atoms with van der Waals surface area (Å²) in [6.07, 6.45) is 0.777. The highest BCUT2D eigenvalue weighted by Gasteiger charge is 2.14. The van der Waals surface area contributed by atoms with E-state index in [1.54, 1.807) is 0 Å². The highest BCUT2D eigenvalue weighted by molar-refractivity contribution is 9.10. The number of rotatable bonds is 3. The predicted molar refractivity (Wildman–Crippen MR) is 69.4 cm³/mol. The third-order valence-electron chi connectivity index (χ3n) is 2.63. The molecule has 0 bridgehead atoms. The van der Waals surface area contributed by atoms with Crippen LogP contribution < -0.4 is 5.73 Å². The van der Waals surface area contributed by atoms with Crippen LogP contribution in [0.5, 0.6) is 0 Å². The SMILES string of the molecule is CC[C@H](N)c1nc(-c2ccc(C)c(Br)c2)no1. The van der Waals surface area contributed by atoms with Crippen molar-refractivity contribution in [1.82, 2.24) is 10.1 Å². The van der Waals surface area contributed by atoms with E-state index in [1.807, 2.05) is 32.0 Å². The Labute approximate surface area is 108 Å². The van der Waals surface area contributed by atoms with Crippen molar-refractivity contribution in [2.24, 2.45) is 5.73 Å². The number of halogens is 1. The van der Waals surface area contributed by atoms with E-state index in [2.05, 4.69) is 26.1 Å². The van der Waals surface area contributed by atoms with Gasteiger partial charge in [0.25, 0.3) is 0 Å². The van der Waals surface area contributed by atoms with Crippen molar-refractivity contribution in [1.29, 1.82) is 0 Å². The number of nitrogens with zero attached hydrogens (tertiary/aromatic N) is 2. The highest BCUT2D eigenvalue weighted by Crippen LogP contribution is 2.24. The summed E-state index contributed by atoms with van der Waals surface area (Å²) >= 11 is 3.48. The molecule has 5 heteroatoms. The van der Waals surface area contributed by atoms with Gasteiger partial charge in [0.2, 0.25) is 11.7 Å². The molecule has 1 atom stereocenters. The van der Waals surface area contributed by atoms with E-state index in [0.717, 1.165) is 16.5 Å². The van der Waals surface area contributed by atoms with Crippen molar-refractivity contribution in [2.75, 3.05) is 0 Å². The van der Waals surface area contributed by atoms with Gasteiger partial charge in [0.15, 0.2) is 0 Å². The van der Waals surface area contributed by atoms with Gasteiger partial charge in [-0.25, -0.2) is 0 Å². The molecule has 0 radical (unpaired) electrons. The van der Waals surface area contributed by atoms with E-state index in [0.29, 0.717) is 11.7 Å². The molecule has 17 heavy (non-hydrogen) atoms. The largest absolute Gasteiger partial charge is 0.337 e. The molecule has 0 saturated heterocycles. The summed E-state index contributed by atoms with van der Waals surface area (Å²) in [5, 5.41) is 3.94. The second kappa shape index (κ2) is 4.98. The van der Waals surface area contributed by atoms with Gasteiger partial charge in [0.1, 0.15) is 0 Å². The van der Waals surface area contributed by atoms with E-state index >= 15 is 0 Å². The molecule has 0 aliphatic rings. The Bertz CT molecular complexity index is 524. The number of hydrogen-bond donors (Lipinski definition) is 1. The fourth-order valence-corrected chi connectivity index (χ4v) is 1.79. The van der Waals surface area contributed by atoms with Gasteiger partial charge in [-0.05, 0) is 25.0 Å². The molecule has 0 unspecified atom stereocenters. The van der Waals surface area contributed by atoms with Crippen LogP contribution in [-0.2, 0) is 0 Å². The molecule has 2 N–H and O–H groups in total. The topological polar surface area (TPSA) is 64.9 Å². The van der Waals surface area contributed by atoms with Crippen molar-refractivity contribution in [3.63, 3.8) is 0 Å². The summed E-state index contributed by atoms with van der Waals surface area (Å²) in [7, 11) is 0. The molecule has 0 aliphatic heterocycles. The summed E-state index contributed by atoms with van der Waals surface area (Å²) in [6.45, 7) is 4.01. The number of nitrogens with two attached hydrogens (primary N) is 1. The molecule has 1 aromatic heterocycles. The van der Waals surface area contributed by atoms with Crippen LogP contribution in [0.3, 0.4) is 0 Å². The van der Waals surface area contributed by atoms with Crippen molar-refractivity contribution in [2.45, 2.75) is 26.3 Å². The smallest absolute Gasteiger partial charge is 0.243 e. The van der Waals surface area contributed by atoms with Gasteiger partial charge in [-0.15, -0.1) is 0 Å². The van der Waals surface area contributed by atoms with Gasteiger partial charge >= 0.3 is 0 Å². The minimum atomic E-state index is -0.190. The van der Waals surface area contributed by atoms with Crippen LogP contribution in [0, 0.1) is 6.92 Å². The Morgan fingerprint density at radius 3 is 2.88 bits per heavy atom. The van der Waals surface area contributed by atoms with E-state index in [4.69, 9.17) is 10.3 Å². The van der Waals surface area contributed by atoms with Gasteiger partial charge in [0.05, 0.1) is 6.04 Å². The van der Waals surface area contributed by atoms with E-state index in [9.17, 15) is 0 Å². The minimum absolute atomic E-state index is 0.190. The summed E-state index contributed by atoms with van der Waals surface area (Å²) in [6, 6.07) is 5.76. The lowest BCUT2D eigenvalue weighted by molar-refractivity contribution is 0.352. The number of aromatic nitrogens is 2. The Morgan fingerprint density at radius 2 is 2.24 bits per heavy atom. The second-order valence-electron chi connectivity index (χ2n) is 3.93. The number of aryl methyl sites for hydroxylation is 1. The third kappa shape index (κ3) is 2.56. The van der Waals surface area contributed by atoms with E-state index in [-0.39, 0.29) is 6.04 Å². The van der Waals surface area contributed by atoms with E-state index < -0.39 is 0 Å². The summed E-state index contributed by atoms with van der Waals surface area (Å²) < 4.78 is 6.17. The second-order valence-corrected chi connectivity index (χ2v) is 4.79. The van der Waals surface area contributed by atoms with Gasteiger partial charge in [0, 0.05) is 10.0 Å². The van der Waals surface area contributed by atoms with Crippen LogP contribution in [0.2, 0.25) is 0 Å². The van der Waals surface area contributed by atoms with Crippen molar-refractivity contribution >= 4 is 15.9 Å². The minimum Gasteiger partial charge on any atom is -0.337 e. The summed E-state index contributed by atoms with van der Waals surface area (Å²) in [5.74, 6) is 1.06. The maximum atomic E-state index is 5.83. The molecule has 4 nitrogen and oxygen atoms in total. The standard InChI is InChI=1S/C12H14BrN3O/c1-3-10(14)12-15-11(16-17-12)8-5-4-7(2)9(13)6-8/h4-6,10H,3,14H2,1-2H3/t10-/m0/s1. The van der Waals surface area contributed by atoms with Gasteiger partial charge in [-0.2, -0.15) is 4.98 Å². The maximum Gasteiger partial charge on any atom is 0.243 e. The van der Waals surface area contributed by atoms with Gasteiger partial charge in [-0.1, -0.05) is 40.1 Å². The van der Waals surface area contributed by atoms with Gasteiger partial charge in [-0.3, -0.25) is 0 Å². The predicted octanol–water partition coefficient (Wildman–Crippen LogP) is 3.22. The van der Waals surface area contributed by atoms with Crippen LogP contribution in [0.1, 0.15) is 30.8 Å². The lowest BCUT2D eigenvalue weighted by Crippen LogP contribution is -2.08. The first-order valence-electron chi connectivity index (χ1n) is 5.47. The maximum absolute atomic E-state index is 5.83. The van der Waals surface area contributed by atoms with Crippen LogP contribution in [0.25, 0.3) is 11.4 Å². The quantitative estimate of drug-likeness (QED) is 0.944. The summed E-state index contributed by atoms with van der Waals surface area (Å²) in [4.78, 5) is 4.30. The zero-order chi connectivity index (χ0) is 12.4. The first-order chi connectivity index (χ1) is 8.11. The molecule has 2 rings (SSSR count). The normalized spacial score (nSPS) is 12.7. The molecule has 0 aliphatic carbocycles. The molecule has 1 aromatic carbocycles. The number of hydrogen-bond acceptors (Lipinski definition) is 4. The third-order valence-corrected chi connectivity index (χ3v) is 3.48. The fraction of sp³-hybridized carbons (Fsp3) is 0.333. The molecule has 1 heterocycles. The molecule has 0 amide bonds. The van der Waals surface area contributed by atoms with Crippen LogP contribution in [0.15, 0.2) is 27.2 Å². The molecular formula is C12H14BrN3O. The first-order valence-corrected chi connectivity index (χ1v) is 6.26. The highest BCUT2D eigenvalue weighted by atomic mass is 79.9. The van der Waals surface area contributed by atoms with E-state index in [1.165, 1.54) is 5.56 Å². The Morgan fingerprint density at radius 1 is 1.47 bits per heavy atom. The van der Waals surface area contributed by atoms with Gasteiger partial charge < -0.3 is 10.3 Å². The Balaban J connectivity index is 2.33. The van der Waals surface area contributed by atoms with Crippen molar-refractivity contribution < 1.29 is 4.52 Å². The Hall–Kier alpha value is -1.20. The zero-order valence-corrected chi connectivity index (χ0v) is 11.4. The molecule has 0 spiro atoms. The molecule has 0 fully saturated rings. The average Bonchev–Trinajstić information content (AvgIpc) is 2.81. The van der Waals surface area contributed by atoms with Crippen molar-refractivity contribution in [3.8, 4) is 11.4 Å². The van der Waals surface area contributed by atoms with Crippen LogP contribution in [0.4, 0.5) is 0 Å². The first kappa shape index (κ1) is 12.3. The van der Waals surface area contributed by atoms with Crippen molar-refractivity contribution in [3.05, 3.63) is 34.1 Å². The average molecular weight is 296 g/mol. The summed E-state index contributed by atoms with van der Waals surface area (Å²) in [5.41, 5.74) is 7.92. The molecular weight excluding hydrogens is 282 g/mol. The molecule has 2 aromatic rings. The van der Waals surface area contributed by atoms with Crippen LogP contribution >= 0.6 is 15.9 Å². The fourth-order valence-electron chi connectivity index (χ4n) is 1.41. The zero-order valence-electron chi connectivity index (χ0n) is 9.77. The van der Waals surface area contributed by atoms with Crippen LogP contribution in [-0.4, -0.2) is 10.1 Å². The Kier molecular flexibility index (Phi) is 3.59. The molecule has 0 saturated carbocycles. The monoisotopic (exact) mass is 295 g/mol.